The lowest BCUT2D eigenvalue weighted by atomic mass is 10.0. The lowest BCUT2D eigenvalue weighted by Gasteiger charge is -2.24. The monoisotopic (exact) mass is 247 g/mol. The topological polar surface area (TPSA) is 23.5 Å². The van der Waals surface area contributed by atoms with Crippen LogP contribution < -0.4 is 0 Å². The summed E-state index contributed by atoms with van der Waals surface area (Å²) in [7, 11) is 4.15. The molecule has 90 valence electrons. The Morgan fingerprint density at radius 2 is 1.88 bits per heavy atom. The highest BCUT2D eigenvalue weighted by molar-refractivity contribution is 7.10. The van der Waals surface area contributed by atoms with Crippen LogP contribution in [0, 0.1) is 0 Å². The molecule has 2 aromatic rings. The second-order valence-corrected chi connectivity index (χ2v) is 5.28. The van der Waals surface area contributed by atoms with Crippen LogP contribution in [0.15, 0.2) is 41.8 Å². The molecular weight excluding hydrogens is 230 g/mol. The third-order valence-corrected chi connectivity index (χ3v) is 3.72. The normalized spacial score (nSPS) is 12.9. The maximum absolute atomic E-state index is 9.14. The molecule has 0 aliphatic carbocycles. The molecular formula is C14H17NOS. The SMILES string of the molecule is CN(C)C(c1ccccc1)c1csc(CO)c1. The second-order valence-electron chi connectivity index (χ2n) is 4.28. The summed E-state index contributed by atoms with van der Waals surface area (Å²) in [5, 5.41) is 11.3. The first-order valence-corrected chi connectivity index (χ1v) is 6.50. The molecule has 0 fully saturated rings. The zero-order valence-electron chi connectivity index (χ0n) is 10.1. The highest BCUT2D eigenvalue weighted by atomic mass is 32.1. The number of benzene rings is 1. The van der Waals surface area contributed by atoms with Crippen molar-refractivity contribution in [3.63, 3.8) is 0 Å². The van der Waals surface area contributed by atoms with Crippen molar-refractivity contribution in [1.82, 2.24) is 4.90 Å². The molecule has 1 atom stereocenters. The molecule has 0 spiro atoms. The summed E-state index contributed by atoms with van der Waals surface area (Å²) in [5.41, 5.74) is 2.52. The fourth-order valence-corrected chi connectivity index (χ4v) is 2.81. The maximum atomic E-state index is 9.14. The average Bonchev–Trinajstić information content (AvgIpc) is 2.79. The van der Waals surface area contributed by atoms with Gasteiger partial charge in [-0.3, -0.25) is 4.90 Å². The minimum absolute atomic E-state index is 0.125. The van der Waals surface area contributed by atoms with Crippen LogP contribution in [0.3, 0.4) is 0 Å². The van der Waals surface area contributed by atoms with Crippen LogP contribution in [0.2, 0.25) is 0 Å². The van der Waals surface area contributed by atoms with E-state index in [0.29, 0.717) is 0 Å². The van der Waals surface area contributed by atoms with Gasteiger partial charge in [0.05, 0.1) is 12.6 Å². The van der Waals surface area contributed by atoms with Crippen molar-refractivity contribution >= 4 is 11.3 Å². The number of thiophene rings is 1. The molecule has 0 saturated carbocycles. The minimum Gasteiger partial charge on any atom is -0.391 e. The first-order chi connectivity index (χ1) is 8.22. The Bertz CT molecular complexity index is 464. The van der Waals surface area contributed by atoms with Gasteiger partial charge in [0.25, 0.3) is 0 Å². The van der Waals surface area contributed by atoms with Crippen molar-refractivity contribution in [2.75, 3.05) is 14.1 Å². The van der Waals surface area contributed by atoms with Crippen molar-refractivity contribution in [3.05, 3.63) is 57.8 Å². The highest BCUT2D eigenvalue weighted by Crippen LogP contribution is 2.29. The summed E-state index contributed by atoms with van der Waals surface area (Å²) in [5.74, 6) is 0. The van der Waals surface area contributed by atoms with Gasteiger partial charge < -0.3 is 5.11 Å². The van der Waals surface area contributed by atoms with Crippen LogP contribution in [0.1, 0.15) is 22.0 Å². The number of aliphatic hydroxyl groups excluding tert-OH is 1. The Labute approximate surface area is 106 Å². The number of hydrogen-bond donors (Lipinski definition) is 1. The summed E-state index contributed by atoms with van der Waals surface area (Å²) >= 11 is 1.61. The maximum Gasteiger partial charge on any atom is 0.0774 e. The summed E-state index contributed by atoms with van der Waals surface area (Å²) in [6.07, 6.45) is 0. The van der Waals surface area contributed by atoms with E-state index in [1.807, 2.05) is 6.07 Å². The van der Waals surface area contributed by atoms with E-state index < -0.39 is 0 Å². The van der Waals surface area contributed by atoms with Gasteiger partial charge in [0.2, 0.25) is 0 Å². The van der Waals surface area contributed by atoms with Crippen molar-refractivity contribution in [2.24, 2.45) is 0 Å². The van der Waals surface area contributed by atoms with Gasteiger partial charge in [-0.1, -0.05) is 30.3 Å². The molecule has 0 aliphatic rings. The van der Waals surface area contributed by atoms with Gasteiger partial charge in [-0.05, 0) is 36.7 Å². The zero-order chi connectivity index (χ0) is 12.3. The third kappa shape index (κ3) is 2.75. The van der Waals surface area contributed by atoms with Gasteiger partial charge in [-0.25, -0.2) is 0 Å². The van der Waals surface area contributed by atoms with Gasteiger partial charge in [0, 0.05) is 4.88 Å². The Morgan fingerprint density at radius 1 is 1.18 bits per heavy atom. The first kappa shape index (κ1) is 12.3. The molecule has 17 heavy (non-hydrogen) atoms. The average molecular weight is 247 g/mol. The Hall–Kier alpha value is -1.16. The predicted octanol–water partition coefficient (Wildman–Crippen LogP) is 2.89. The summed E-state index contributed by atoms with van der Waals surface area (Å²) in [6, 6.07) is 12.8. The van der Waals surface area contributed by atoms with Gasteiger partial charge in [0.1, 0.15) is 0 Å². The quantitative estimate of drug-likeness (QED) is 0.898. The van der Waals surface area contributed by atoms with E-state index in [1.54, 1.807) is 11.3 Å². The fraction of sp³-hybridized carbons (Fsp3) is 0.286. The molecule has 1 heterocycles. The lowest BCUT2D eigenvalue weighted by Crippen LogP contribution is -2.20. The first-order valence-electron chi connectivity index (χ1n) is 5.62. The minimum atomic E-state index is 0.125. The number of nitrogens with zero attached hydrogens (tertiary/aromatic N) is 1. The molecule has 1 unspecified atom stereocenters. The Kier molecular flexibility index (Phi) is 3.94. The van der Waals surface area contributed by atoms with Crippen LogP contribution in [0.4, 0.5) is 0 Å². The highest BCUT2D eigenvalue weighted by Gasteiger charge is 2.17. The summed E-state index contributed by atoms with van der Waals surface area (Å²) in [6.45, 7) is 0.125. The molecule has 2 nitrogen and oxygen atoms in total. The molecule has 1 aromatic carbocycles. The van der Waals surface area contributed by atoms with E-state index in [9.17, 15) is 0 Å². The summed E-state index contributed by atoms with van der Waals surface area (Å²) < 4.78 is 0. The molecule has 2 rings (SSSR count). The number of aliphatic hydroxyl groups is 1. The molecule has 3 heteroatoms. The van der Waals surface area contributed by atoms with Crippen LogP contribution in [0.25, 0.3) is 0 Å². The van der Waals surface area contributed by atoms with Crippen LogP contribution in [-0.2, 0) is 6.61 Å². The van der Waals surface area contributed by atoms with Crippen molar-refractivity contribution in [3.8, 4) is 0 Å². The van der Waals surface area contributed by atoms with Gasteiger partial charge in [0.15, 0.2) is 0 Å². The van der Waals surface area contributed by atoms with Crippen molar-refractivity contribution in [2.45, 2.75) is 12.6 Å². The van der Waals surface area contributed by atoms with Gasteiger partial charge >= 0.3 is 0 Å². The smallest absolute Gasteiger partial charge is 0.0774 e. The number of rotatable bonds is 4. The molecule has 0 amide bonds. The summed E-state index contributed by atoms with van der Waals surface area (Å²) in [4.78, 5) is 3.21. The van der Waals surface area contributed by atoms with Gasteiger partial charge in [-0.2, -0.15) is 0 Å². The molecule has 1 N–H and O–H groups in total. The standard InChI is InChI=1S/C14H17NOS/c1-15(2)14(11-6-4-3-5-7-11)12-8-13(9-16)17-10-12/h3-8,10,14,16H,9H2,1-2H3. The van der Waals surface area contributed by atoms with E-state index in [1.165, 1.54) is 11.1 Å². The zero-order valence-corrected chi connectivity index (χ0v) is 10.9. The van der Waals surface area contributed by atoms with E-state index in [4.69, 9.17) is 5.11 Å². The number of hydrogen-bond acceptors (Lipinski definition) is 3. The van der Waals surface area contributed by atoms with Crippen molar-refractivity contribution in [1.29, 1.82) is 0 Å². The van der Waals surface area contributed by atoms with Gasteiger partial charge in [-0.15, -0.1) is 11.3 Å². The molecule has 0 bridgehead atoms. The van der Waals surface area contributed by atoms with Crippen LogP contribution in [-0.4, -0.2) is 24.1 Å². The molecule has 1 aromatic heterocycles. The second kappa shape index (κ2) is 5.45. The third-order valence-electron chi connectivity index (χ3n) is 2.78. The van der Waals surface area contributed by atoms with E-state index in [2.05, 4.69) is 54.7 Å². The van der Waals surface area contributed by atoms with E-state index in [0.717, 1.165) is 4.88 Å². The van der Waals surface area contributed by atoms with Crippen molar-refractivity contribution < 1.29 is 5.11 Å². The largest absolute Gasteiger partial charge is 0.391 e. The van der Waals surface area contributed by atoms with Crippen LogP contribution in [0.5, 0.6) is 0 Å². The molecule has 0 radical (unpaired) electrons. The Balaban J connectivity index is 2.36. The predicted molar refractivity (Wildman–Crippen MR) is 72.2 cm³/mol. The lowest BCUT2D eigenvalue weighted by molar-refractivity contribution is 0.285. The molecule has 0 aliphatic heterocycles. The fourth-order valence-electron chi connectivity index (χ4n) is 2.05. The molecule has 0 saturated heterocycles. The van der Waals surface area contributed by atoms with E-state index >= 15 is 0 Å². The van der Waals surface area contributed by atoms with Crippen LogP contribution >= 0.6 is 11.3 Å². The van der Waals surface area contributed by atoms with E-state index in [-0.39, 0.29) is 12.6 Å². The Morgan fingerprint density at radius 3 is 2.41 bits per heavy atom.